The van der Waals surface area contributed by atoms with E-state index in [1.165, 1.54) is 0 Å². The third kappa shape index (κ3) is 4.01. The maximum Gasteiger partial charge on any atom is 0.315 e. The molecule has 0 aliphatic heterocycles. The molecule has 2 heterocycles. The van der Waals surface area contributed by atoms with Gasteiger partial charge >= 0.3 is 6.03 Å². The lowest BCUT2D eigenvalue weighted by Gasteiger charge is -2.08. The van der Waals surface area contributed by atoms with Gasteiger partial charge in [0.05, 0.1) is 23.7 Å². The summed E-state index contributed by atoms with van der Waals surface area (Å²) in [5.41, 5.74) is 1.55. The quantitative estimate of drug-likeness (QED) is 0.794. The lowest BCUT2D eigenvalue weighted by molar-refractivity contribution is 0.196. The molecule has 0 bridgehead atoms. The van der Waals surface area contributed by atoms with E-state index < -0.39 is 0 Å². The van der Waals surface area contributed by atoms with Crippen molar-refractivity contribution in [1.82, 2.24) is 20.6 Å². The van der Waals surface area contributed by atoms with Crippen molar-refractivity contribution in [2.75, 3.05) is 20.3 Å². The van der Waals surface area contributed by atoms with Gasteiger partial charge in [-0.05, 0) is 11.4 Å². The number of nitrogens with one attached hydrogen (secondary N) is 2. The number of rotatable bonds is 6. The van der Waals surface area contributed by atoms with Gasteiger partial charge in [-0.3, -0.25) is 9.97 Å². The first-order valence-electron chi connectivity index (χ1n) is 6.15. The molecular weight excluding hydrogens is 276 g/mol. The molecule has 2 N–H and O–H groups in total. The average Bonchev–Trinajstić information content (AvgIpc) is 3.00. The molecule has 20 heavy (non-hydrogen) atoms. The second-order valence-corrected chi connectivity index (χ2v) is 4.88. The van der Waals surface area contributed by atoms with E-state index in [1.807, 2.05) is 17.5 Å². The zero-order valence-corrected chi connectivity index (χ0v) is 11.9. The summed E-state index contributed by atoms with van der Waals surface area (Å²) >= 11 is 1.59. The van der Waals surface area contributed by atoms with Crippen LogP contribution in [0.2, 0.25) is 0 Å². The molecule has 0 atom stereocenters. The predicted octanol–water partition coefficient (Wildman–Crippen LogP) is 1.65. The molecule has 2 amide bonds. The van der Waals surface area contributed by atoms with Crippen LogP contribution in [0.25, 0.3) is 10.6 Å². The molecule has 0 spiro atoms. The van der Waals surface area contributed by atoms with Crippen molar-refractivity contribution in [2.45, 2.75) is 6.54 Å². The van der Waals surface area contributed by atoms with Crippen molar-refractivity contribution in [3.8, 4) is 10.6 Å². The van der Waals surface area contributed by atoms with E-state index in [-0.39, 0.29) is 6.03 Å². The Morgan fingerprint density at radius 1 is 1.35 bits per heavy atom. The molecule has 2 aromatic rings. The van der Waals surface area contributed by atoms with Crippen molar-refractivity contribution >= 4 is 17.4 Å². The van der Waals surface area contributed by atoms with E-state index in [0.717, 1.165) is 16.3 Å². The van der Waals surface area contributed by atoms with Crippen LogP contribution in [0.1, 0.15) is 5.69 Å². The summed E-state index contributed by atoms with van der Waals surface area (Å²) in [7, 11) is 1.59. The lowest BCUT2D eigenvalue weighted by atomic mass is 10.2. The Hall–Kier alpha value is -1.99. The summed E-state index contributed by atoms with van der Waals surface area (Å²) in [5, 5.41) is 7.43. The third-order valence-electron chi connectivity index (χ3n) is 2.54. The monoisotopic (exact) mass is 292 g/mol. The molecule has 6 nitrogen and oxygen atoms in total. The van der Waals surface area contributed by atoms with Gasteiger partial charge in [-0.15, -0.1) is 11.3 Å². The molecular formula is C13H16N4O2S. The number of urea groups is 1. The Bertz CT molecular complexity index is 545. The molecule has 0 saturated carbocycles. The fourth-order valence-electron chi connectivity index (χ4n) is 1.61. The van der Waals surface area contributed by atoms with Crippen molar-refractivity contribution in [3.63, 3.8) is 0 Å². The van der Waals surface area contributed by atoms with E-state index in [2.05, 4.69) is 20.6 Å². The summed E-state index contributed by atoms with van der Waals surface area (Å²) in [4.78, 5) is 21.2. The average molecular weight is 292 g/mol. The Morgan fingerprint density at radius 3 is 2.95 bits per heavy atom. The van der Waals surface area contributed by atoms with E-state index in [1.54, 1.807) is 30.8 Å². The molecule has 0 unspecified atom stereocenters. The van der Waals surface area contributed by atoms with E-state index in [4.69, 9.17) is 4.74 Å². The minimum Gasteiger partial charge on any atom is -0.383 e. The van der Waals surface area contributed by atoms with Crippen LogP contribution in [0, 0.1) is 0 Å². The van der Waals surface area contributed by atoms with Crippen LogP contribution in [0.3, 0.4) is 0 Å². The normalized spacial score (nSPS) is 10.2. The summed E-state index contributed by atoms with van der Waals surface area (Å²) in [6.45, 7) is 1.29. The van der Waals surface area contributed by atoms with Gasteiger partial charge in [0.1, 0.15) is 5.69 Å². The maximum atomic E-state index is 11.6. The molecule has 0 aliphatic rings. The molecule has 0 aliphatic carbocycles. The number of nitrogens with zero attached hydrogens (tertiary/aromatic N) is 2. The highest BCUT2D eigenvalue weighted by Crippen LogP contribution is 2.24. The van der Waals surface area contributed by atoms with Gasteiger partial charge < -0.3 is 15.4 Å². The minimum absolute atomic E-state index is 0.246. The molecule has 7 heteroatoms. The first-order chi connectivity index (χ1) is 9.81. The first-order valence-corrected chi connectivity index (χ1v) is 7.03. The highest BCUT2D eigenvalue weighted by molar-refractivity contribution is 7.13. The minimum atomic E-state index is -0.246. The van der Waals surface area contributed by atoms with Crippen LogP contribution in [0.15, 0.2) is 29.9 Å². The summed E-state index contributed by atoms with van der Waals surface area (Å²) < 4.78 is 4.86. The van der Waals surface area contributed by atoms with Gasteiger partial charge in [0, 0.05) is 26.0 Å². The molecule has 0 aromatic carbocycles. The predicted molar refractivity (Wildman–Crippen MR) is 77.5 cm³/mol. The van der Waals surface area contributed by atoms with Gasteiger partial charge in [-0.25, -0.2) is 4.79 Å². The van der Waals surface area contributed by atoms with E-state index in [0.29, 0.717) is 19.7 Å². The van der Waals surface area contributed by atoms with Crippen LogP contribution >= 0.6 is 11.3 Å². The number of methoxy groups -OCH3 is 1. The number of ether oxygens (including phenoxy) is 1. The third-order valence-corrected chi connectivity index (χ3v) is 3.41. The molecule has 2 aromatic heterocycles. The summed E-state index contributed by atoms with van der Waals surface area (Å²) in [6.07, 6.45) is 3.27. The van der Waals surface area contributed by atoms with Gasteiger partial charge in [0.2, 0.25) is 0 Å². The Labute approximate surface area is 121 Å². The molecule has 0 saturated heterocycles. The maximum absolute atomic E-state index is 11.6. The number of thiophene rings is 1. The van der Waals surface area contributed by atoms with E-state index in [9.17, 15) is 4.79 Å². The van der Waals surface area contributed by atoms with E-state index >= 15 is 0 Å². The second kappa shape index (κ2) is 7.56. The Balaban J connectivity index is 1.95. The van der Waals surface area contributed by atoms with Crippen molar-refractivity contribution in [2.24, 2.45) is 0 Å². The van der Waals surface area contributed by atoms with Crippen molar-refractivity contribution in [3.05, 3.63) is 35.6 Å². The van der Waals surface area contributed by atoms with Crippen LogP contribution in [-0.4, -0.2) is 36.3 Å². The van der Waals surface area contributed by atoms with Crippen molar-refractivity contribution in [1.29, 1.82) is 0 Å². The highest BCUT2D eigenvalue weighted by Gasteiger charge is 2.09. The molecule has 2 rings (SSSR count). The number of amides is 2. The molecule has 0 radical (unpaired) electrons. The zero-order valence-electron chi connectivity index (χ0n) is 11.1. The van der Waals surface area contributed by atoms with Crippen LogP contribution in [0.4, 0.5) is 4.79 Å². The zero-order chi connectivity index (χ0) is 14.2. The molecule has 0 fully saturated rings. The number of carbonyl (C=O) groups excluding carboxylic acids is 1. The Morgan fingerprint density at radius 2 is 2.20 bits per heavy atom. The van der Waals surface area contributed by atoms with Crippen LogP contribution in [0.5, 0.6) is 0 Å². The van der Waals surface area contributed by atoms with Gasteiger partial charge in [-0.2, -0.15) is 0 Å². The fourth-order valence-corrected chi connectivity index (χ4v) is 2.35. The van der Waals surface area contributed by atoms with Gasteiger partial charge in [-0.1, -0.05) is 6.07 Å². The van der Waals surface area contributed by atoms with Crippen LogP contribution in [-0.2, 0) is 11.3 Å². The van der Waals surface area contributed by atoms with Crippen molar-refractivity contribution < 1.29 is 9.53 Å². The fraction of sp³-hybridized carbons (Fsp3) is 0.308. The van der Waals surface area contributed by atoms with Gasteiger partial charge in [0.25, 0.3) is 0 Å². The standard InChI is InChI=1S/C13H16N4O2S/c1-19-7-6-16-13(18)17-9-10-12(15-5-4-14-10)11-3-2-8-20-11/h2-5,8H,6-7,9H2,1H3,(H2,16,17,18). The topological polar surface area (TPSA) is 76.1 Å². The molecule has 106 valence electrons. The summed E-state index contributed by atoms with van der Waals surface area (Å²) in [5.74, 6) is 0. The highest BCUT2D eigenvalue weighted by atomic mass is 32.1. The van der Waals surface area contributed by atoms with Crippen LogP contribution < -0.4 is 10.6 Å². The SMILES string of the molecule is COCCNC(=O)NCc1nccnc1-c1cccs1. The number of hydrogen-bond donors (Lipinski definition) is 2. The van der Waals surface area contributed by atoms with Gasteiger partial charge in [0.15, 0.2) is 0 Å². The summed E-state index contributed by atoms with van der Waals surface area (Å²) in [6, 6.07) is 3.70. The number of hydrogen-bond acceptors (Lipinski definition) is 5. The second-order valence-electron chi connectivity index (χ2n) is 3.93. The number of carbonyl (C=O) groups is 1. The number of aromatic nitrogens is 2. The first kappa shape index (κ1) is 14.4. The lowest BCUT2D eigenvalue weighted by Crippen LogP contribution is -2.37. The largest absolute Gasteiger partial charge is 0.383 e. The Kier molecular flexibility index (Phi) is 5.45. The smallest absolute Gasteiger partial charge is 0.315 e.